The Kier molecular flexibility index (Phi) is 4.84. The molecule has 7 heteroatoms. The number of halogens is 1. The van der Waals surface area contributed by atoms with Crippen molar-refractivity contribution < 1.29 is 17.6 Å². The van der Waals surface area contributed by atoms with Gasteiger partial charge in [0.05, 0.1) is 10.6 Å². The Labute approximate surface area is 169 Å². The zero-order valence-electron chi connectivity index (χ0n) is 15.7. The van der Waals surface area contributed by atoms with E-state index in [2.05, 4.69) is 0 Å². The van der Waals surface area contributed by atoms with Crippen molar-refractivity contribution in [2.24, 2.45) is 0 Å². The van der Waals surface area contributed by atoms with Crippen molar-refractivity contribution in [3.63, 3.8) is 0 Å². The minimum atomic E-state index is -3.90. The van der Waals surface area contributed by atoms with Crippen LogP contribution in [0.2, 0.25) is 0 Å². The molecular weight excluding hydrogens is 391 g/mol. The number of amides is 1. The van der Waals surface area contributed by atoms with E-state index in [1.54, 1.807) is 17.0 Å². The van der Waals surface area contributed by atoms with Crippen molar-refractivity contribution in [3.05, 3.63) is 89.7 Å². The maximum atomic E-state index is 13.2. The Hall–Kier alpha value is -3.19. The lowest BCUT2D eigenvalue weighted by molar-refractivity contribution is 0.0989. The van der Waals surface area contributed by atoms with Crippen LogP contribution in [0.3, 0.4) is 0 Å². The van der Waals surface area contributed by atoms with Gasteiger partial charge in [-0.2, -0.15) is 0 Å². The number of benzene rings is 3. The summed E-state index contributed by atoms with van der Waals surface area (Å²) in [6.07, 6.45) is 0.771. The van der Waals surface area contributed by atoms with Gasteiger partial charge in [-0.3, -0.25) is 9.10 Å². The van der Waals surface area contributed by atoms with Gasteiger partial charge in [-0.1, -0.05) is 24.3 Å². The molecule has 3 aromatic rings. The molecule has 29 heavy (non-hydrogen) atoms. The zero-order valence-corrected chi connectivity index (χ0v) is 16.6. The van der Waals surface area contributed by atoms with Crippen LogP contribution in [0.5, 0.6) is 0 Å². The van der Waals surface area contributed by atoms with E-state index in [1.165, 1.54) is 43.4 Å². The second-order valence-electron chi connectivity index (χ2n) is 6.81. The van der Waals surface area contributed by atoms with E-state index >= 15 is 0 Å². The molecule has 0 aromatic heterocycles. The summed E-state index contributed by atoms with van der Waals surface area (Å²) in [6, 6.07) is 18.9. The summed E-state index contributed by atoms with van der Waals surface area (Å²) in [7, 11) is -2.51. The number of nitrogens with zero attached hydrogens (tertiary/aromatic N) is 2. The summed E-state index contributed by atoms with van der Waals surface area (Å²) in [5.41, 5.74) is 2.58. The van der Waals surface area contributed by atoms with Gasteiger partial charge in [0.15, 0.2) is 0 Å². The van der Waals surface area contributed by atoms with Crippen LogP contribution in [0.25, 0.3) is 0 Å². The number of carbonyl (C=O) groups is 1. The molecule has 0 aliphatic carbocycles. The summed E-state index contributed by atoms with van der Waals surface area (Å²) in [5.74, 6) is -0.686. The van der Waals surface area contributed by atoms with Crippen LogP contribution in [0.15, 0.2) is 77.7 Å². The Balaban J connectivity index is 1.65. The SMILES string of the molecule is CN(c1ccc(F)cc1)S(=O)(=O)c1cccc(C(=O)N2CCc3ccccc32)c1. The number of sulfonamides is 1. The molecule has 0 radical (unpaired) electrons. The molecular formula is C22H19FN2O3S. The molecule has 1 heterocycles. The normalized spacial score (nSPS) is 13.2. The summed E-state index contributed by atoms with van der Waals surface area (Å²) in [5, 5.41) is 0. The fourth-order valence-electron chi connectivity index (χ4n) is 3.44. The minimum absolute atomic E-state index is 0.00246. The smallest absolute Gasteiger partial charge is 0.264 e. The van der Waals surface area contributed by atoms with E-state index in [0.29, 0.717) is 17.8 Å². The molecule has 0 N–H and O–H groups in total. The molecule has 0 saturated heterocycles. The number of para-hydroxylation sites is 1. The van der Waals surface area contributed by atoms with E-state index in [0.717, 1.165) is 22.0 Å². The first-order valence-electron chi connectivity index (χ1n) is 9.12. The van der Waals surface area contributed by atoms with Crippen LogP contribution in [0, 0.1) is 5.82 Å². The Morgan fingerprint density at radius 3 is 2.48 bits per heavy atom. The van der Waals surface area contributed by atoms with E-state index in [1.807, 2.05) is 24.3 Å². The van der Waals surface area contributed by atoms with Crippen LogP contribution in [0.4, 0.5) is 15.8 Å². The third-order valence-electron chi connectivity index (χ3n) is 5.06. The average molecular weight is 410 g/mol. The van der Waals surface area contributed by atoms with Crippen LogP contribution < -0.4 is 9.21 Å². The number of fused-ring (bicyclic) bond motifs is 1. The molecule has 4 rings (SSSR count). The van der Waals surface area contributed by atoms with Crippen LogP contribution in [-0.2, 0) is 16.4 Å². The quantitative estimate of drug-likeness (QED) is 0.656. The van der Waals surface area contributed by atoms with Crippen molar-refractivity contribution in [1.29, 1.82) is 0 Å². The third-order valence-corrected chi connectivity index (χ3v) is 6.84. The highest BCUT2D eigenvalue weighted by Gasteiger charge is 2.27. The van der Waals surface area contributed by atoms with E-state index in [4.69, 9.17) is 0 Å². The average Bonchev–Trinajstić information content (AvgIpc) is 3.17. The molecule has 0 fully saturated rings. The van der Waals surface area contributed by atoms with Gasteiger partial charge in [-0.15, -0.1) is 0 Å². The van der Waals surface area contributed by atoms with Crippen molar-refractivity contribution >= 4 is 27.3 Å². The van der Waals surface area contributed by atoms with Crippen LogP contribution in [-0.4, -0.2) is 27.9 Å². The summed E-state index contributed by atoms with van der Waals surface area (Å²) in [6.45, 7) is 0.560. The van der Waals surface area contributed by atoms with E-state index in [-0.39, 0.29) is 10.8 Å². The van der Waals surface area contributed by atoms with E-state index in [9.17, 15) is 17.6 Å². The largest absolute Gasteiger partial charge is 0.308 e. The van der Waals surface area contributed by atoms with Gasteiger partial charge in [0.25, 0.3) is 15.9 Å². The highest BCUT2D eigenvalue weighted by Crippen LogP contribution is 2.29. The van der Waals surface area contributed by atoms with Gasteiger partial charge in [-0.05, 0) is 60.5 Å². The molecule has 0 atom stereocenters. The van der Waals surface area contributed by atoms with Crippen molar-refractivity contribution in [3.8, 4) is 0 Å². The molecule has 1 aliphatic heterocycles. The fourth-order valence-corrected chi connectivity index (χ4v) is 4.68. The van der Waals surface area contributed by atoms with Gasteiger partial charge in [0.1, 0.15) is 5.82 Å². The number of carbonyl (C=O) groups excluding carboxylic acids is 1. The Morgan fingerprint density at radius 2 is 1.72 bits per heavy atom. The van der Waals surface area contributed by atoms with Crippen molar-refractivity contribution in [2.75, 3.05) is 22.8 Å². The zero-order chi connectivity index (χ0) is 20.6. The summed E-state index contributed by atoms with van der Waals surface area (Å²) < 4.78 is 40.3. The lowest BCUT2D eigenvalue weighted by atomic mass is 10.1. The van der Waals surface area contributed by atoms with Gasteiger partial charge < -0.3 is 4.90 Å². The van der Waals surface area contributed by atoms with E-state index < -0.39 is 15.8 Å². The number of hydrogen-bond donors (Lipinski definition) is 0. The van der Waals surface area contributed by atoms with Gasteiger partial charge >= 0.3 is 0 Å². The number of rotatable bonds is 4. The minimum Gasteiger partial charge on any atom is -0.308 e. The topological polar surface area (TPSA) is 57.7 Å². The van der Waals surface area contributed by atoms with Crippen LogP contribution in [0.1, 0.15) is 15.9 Å². The van der Waals surface area contributed by atoms with Crippen molar-refractivity contribution in [2.45, 2.75) is 11.3 Å². The first kappa shape index (κ1) is 19.1. The van der Waals surface area contributed by atoms with Crippen molar-refractivity contribution in [1.82, 2.24) is 0 Å². The summed E-state index contributed by atoms with van der Waals surface area (Å²) >= 11 is 0. The molecule has 1 aliphatic rings. The molecule has 0 unspecified atom stereocenters. The summed E-state index contributed by atoms with van der Waals surface area (Å²) in [4.78, 5) is 14.7. The Bertz CT molecular complexity index is 1180. The molecule has 0 spiro atoms. The van der Waals surface area contributed by atoms with Gasteiger partial charge in [0.2, 0.25) is 0 Å². The lowest BCUT2D eigenvalue weighted by Gasteiger charge is -2.21. The Morgan fingerprint density at radius 1 is 1.00 bits per heavy atom. The molecule has 0 saturated carbocycles. The second kappa shape index (κ2) is 7.33. The highest BCUT2D eigenvalue weighted by molar-refractivity contribution is 7.92. The molecule has 148 valence electrons. The fraction of sp³-hybridized carbons (Fsp3) is 0.136. The molecule has 1 amide bonds. The first-order valence-corrected chi connectivity index (χ1v) is 10.6. The first-order chi connectivity index (χ1) is 13.9. The number of hydrogen-bond acceptors (Lipinski definition) is 3. The third kappa shape index (κ3) is 3.49. The number of anilines is 2. The van der Waals surface area contributed by atoms with Crippen LogP contribution >= 0.6 is 0 Å². The van der Waals surface area contributed by atoms with Gasteiger partial charge in [0, 0.05) is 24.8 Å². The maximum absolute atomic E-state index is 13.2. The second-order valence-corrected chi connectivity index (χ2v) is 8.78. The monoisotopic (exact) mass is 410 g/mol. The standard InChI is InChI=1S/C22H19FN2O3S/c1-24(19-11-9-18(23)10-12-19)29(27,28)20-7-4-6-17(15-20)22(26)25-14-13-16-5-2-3-8-21(16)25/h2-12,15H,13-14H2,1H3. The lowest BCUT2D eigenvalue weighted by Crippen LogP contribution is -2.30. The predicted molar refractivity (Wildman–Crippen MR) is 110 cm³/mol. The van der Waals surface area contributed by atoms with Gasteiger partial charge in [-0.25, -0.2) is 12.8 Å². The molecule has 0 bridgehead atoms. The maximum Gasteiger partial charge on any atom is 0.264 e. The highest BCUT2D eigenvalue weighted by atomic mass is 32.2. The molecule has 3 aromatic carbocycles. The predicted octanol–water partition coefficient (Wildman–Crippen LogP) is 3.85. The molecule has 5 nitrogen and oxygen atoms in total.